The summed E-state index contributed by atoms with van der Waals surface area (Å²) in [6, 6.07) is 8.88. The lowest BCUT2D eigenvalue weighted by Gasteiger charge is -2.21. The third-order valence-electron chi connectivity index (χ3n) is 6.30. The van der Waals surface area contributed by atoms with Crippen molar-refractivity contribution in [1.29, 1.82) is 0 Å². The molecule has 3 heterocycles. The van der Waals surface area contributed by atoms with Crippen LogP contribution >= 0.6 is 11.6 Å². The fraction of sp³-hybridized carbons (Fsp3) is 0.192. The summed E-state index contributed by atoms with van der Waals surface area (Å²) in [4.78, 5) is 35.6. The van der Waals surface area contributed by atoms with Gasteiger partial charge in [0.2, 0.25) is 5.95 Å². The van der Waals surface area contributed by atoms with E-state index < -0.39 is 23.5 Å². The number of methoxy groups -OCH3 is 2. The van der Waals surface area contributed by atoms with Crippen molar-refractivity contribution in [3.8, 4) is 11.5 Å². The fourth-order valence-electron chi connectivity index (χ4n) is 4.33. The van der Waals surface area contributed by atoms with Gasteiger partial charge in [-0.3, -0.25) is 14.5 Å². The number of rotatable bonds is 5. The van der Waals surface area contributed by atoms with Gasteiger partial charge in [0.25, 0.3) is 5.78 Å². The third kappa shape index (κ3) is 3.59. The number of aromatic amines is 1. The number of ketones is 1. The minimum atomic E-state index is -1.09. The number of hydrogen-bond acceptors (Lipinski definition) is 7. The average molecular weight is 508 g/mol. The molecule has 0 spiro atoms. The predicted octanol–water partition coefficient (Wildman–Crippen LogP) is 5.07. The number of amides is 1. The van der Waals surface area contributed by atoms with Crippen LogP contribution in [0.25, 0.3) is 16.8 Å². The summed E-state index contributed by atoms with van der Waals surface area (Å²) in [7, 11) is 2.82. The average Bonchev–Trinajstić information content (AvgIpc) is 3.58. The second-order valence-electron chi connectivity index (χ2n) is 8.39. The van der Waals surface area contributed by atoms with Gasteiger partial charge >= 0.3 is 5.91 Å². The van der Waals surface area contributed by atoms with Crippen molar-refractivity contribution in [2.24, 2.45) is 0 Å². The first-order chi connectivity index (χ1) is 17.2. The summed E-state index contributed by atoms with van der Waals surface area (Å²) in [5.74, 6) is -1.38. The van der Waals surface area contributed by atoms with Crippen LogP contribution in [0.2, 0.25) is 5.02 Å². The molecule has 10 heteroatoms. The molecule has 5 rings (SSSR count). The number of benzene rings is 2. The van der Waals surface area contributed by atoms with Crippen LogP contribution < -0.4 is 14.4 Å². The summed E-state index contributed by atoms with van der Waals surface area (Å²) >= 11 is 6.21. The molecule has 0 radical (unpaired) electrons. The van der Waals surface area contributed by atoms with Gasteiger partial charge in [-0.05, 0) is 55.3 Å². The van der Waals surface area contributed by atoms with E-state index >= 15 is 0 Å². The second-order valence-corrected chi connectivity index (χ2v) is 8.79. The maximum absolute atomic E-state index is 13.4. The number of carbonyl (C=O) groups is 2. The first-order valence-corrected chi connectivity index (χ1v) is 11.4. The molecule has 184 valence electrons. The highest BCUT2D eigenvalue weighted by molar-refractivity contribution is 6.51. The number of Topliss-reactive ketones (excluding diaryl/α,β-unsaturated/α-hetero) is 1. The standard InChI is InChI=1S/C26H22ClN3O6/c1-12-8-16-17(9-13(12)2)29-26(28-16)30-22(18-6-5-7-36-18)21(24(32)25(30)33)23(31)14-10-20(35-4)15(27)11-19(14)34-3/h5-11,22,31H,1-4H3,(H,28,29)/b23-21+. The number of fused-ring (bicyclic) bond motifs is 1. The molecule has 2 N–H and O–H groups in total. The zero-order valence-electron chi connectivity index (χ0n) is 19.9. The Labute approximate surface area is 210 Å². The number of imidazole rings is 1. The molecule has 1 amide bonds. The summed E-state index contributed by atoms with van der Waals surface area (Å²) in [5, 5.41) is 11.7. The zero-order chi connectivity index (χ0) is 25.7. The van der Waals surface area contributed by atoms with Crippen LogP contribution in [0.1, 0.15) is 28.5 Å². The monoisotopic (exact) mass is 507 g/mol. The van der Waals surface area contributed by atoms with Gasteiger partial charge in [0.15, 0.2) is 0 Å². The number of aromatic nitrogens is 2. The Kier molecular flexibility index (Phi) is 5.72. The van der Waals surface area contributed by atoms with Crippen molar-refractivity contribution in [2.45, 2.75) is 19.9 Å². The summed E-state index contributed by atoms with van der Waals surface area (Å²) < 4.78 is 16.3. The molecule has 2 aromatic heterocycles. The lowest BCUT2D eigenvalue weighted by atomic mass is 9.98. The highest BCUT2D eigenvalue weighted by atomic mass is 35.5. The van der Waals surface area contributed by atoms with Gasteiger partial charge in [-0.2, -0.15) is 0 Å². The van der Waals surface area contributed by atoms with Gasteiger partial charge < -0.3 is 24.0 Å². The number of aryl methyl sites for hydroxylation is 2. The Morgan fingerprint density at radius 1 is 1.11 bits per heavy atom. The maximum atomic E-state index is 13.4. The minimum absolute atomic E-state index is 0.129. The number of hydrogen-bond donors (Lipinski definition) is 2. The van der Waals surface area contributed by atoms with E-state index in [4.69, 9.17) is 25.5 Å². The van der Waals surface area contributed by atoms with Crippen molar-refractivity contribution in [1.82, 2.24) is 9.97 Å². The highest BCUT2D eigenvalue weighted by Crippen LogP contribution is 2.44. The molecule has 4 aromatic rings. The molecule has 9 nitrogen and oxygen atoms in total. The van der Waals surface area contributed by atoms with Gasteiger partial charge in [-0.25, -0.2) is 4.98 Å². The van der Waals surface area contributed by atoms with Gasteiger partial charge in [-0.15, -0.1) is 0 Å². The van der Waals surface area contributed by atoms with Crippen LogP contribution in [0, 0.1) is 13.8 Å². The number of halogens is 1. The lowest BCUT2D eigenvalue weighted by molar-refractivity contribution is -0.132. The molecule has 0 aliphatic carbocycles. The van der Waals surface area contributed by atoms with Crippen molar-refractivity contribution >= 4 is 46.0 Å². The van der Waals surface area contributed by atoms with Crippen molar-refractivity contribution < 1.29 is 28.6 Å². The number of carbonyl (C=O) groups excluding carboxylic acids is 2. The van der Waals surface area contributed by atoms with E-state index in [2.05, 4.69) is 9.97 Å². The number of anilines is 1. The fourth-order valence-corrected chi connectivity index (χ4v) is 4.56. The Balaban J connectivity index is 1.74. The number of H-pyrrole nitrogens is 1. The number of aliphatic hydroxyl groups is 1. The van der Waals surface area contributed by atoms with Crippen LogP contribution in [0.4, 0.5) is 5.95 Å². The molecular formula is C26H22ClN3O6. The van der Waals surface area contributed by atoms with Gasteiger partial charge in [0, 0.05) is 6.07 Å². The number of nitrogens with one attached hydrogen (secondary N) is 1. The van der Waals surface area contributed by atoms with Crippen LogP contribution in [0.15, 0.2) is 52.7 Å². The quantitative estimate of drug-likeness (QED) is 0.220. The molecule has 1 saturated heterocycles. The molecule has 1 unspecified atom stereocenters. The molecule has 1 aliphatic rings. The largest absolute Gasteiger partial charge is 0.507 e. The smallest absolute Gasteiger partial charge is 0.302 e. The van der Waals surface area contributed by atoms with Crippen molar-refractivity contribution in [2.75, 3.05) is 19.1 Å². The molecule has 2 aromatic carbocycles. The lowest BCUT2D eigenvalue weighted by Crippen LogP contribution is -2.30. The summed E-state index contributed by atoms with van der Waals surface area (Å²) in [6.07, 6.45) is 1.42. The van der Waals surface area contributed by atoms with Crippen molar-refractivity contribution in [3.63, 3.8) is 0 Å². The van der Waals surface area contributed by atoms with E-state index in [1.54, 1.807) is 12.1 Å². The molecular weight excluding hydrogens is 486 g/mol. The van der Waals surface area contributed by atoms with E-state index in [0.717, 1.165) is 11.1 Å². The van der Waals surface area contributed by atoms with E-state index in [-0.39, 0.29) is 39.4 Å². The Morgan fingerprint density at radius 3 is 2.50 bits per heavy atom. The van der Waals surface area contributed by atoms with Gasteiger partial charge in [-0.1, -0.05) is 11.6 Å². The van der Waals surface area contributed by atoms with Crippen molar-refractivity contribution in [3.05, 3.63) is 75.7 Å². The molecule has 0 saturated carbocycles. The molecule has 1 fully saturated rings. The number of aliphatic hydroxyl groups excluding tert-OH is 1. The first kappa shape index (κ1) is 23.5. The van der Waals surface area contributed by atoms with E-state index in [0.29, 0.717) is 11.0 Å². The maximum Gasteiger partial charge on any atom is 0.302 e. The molecule has 36 heavy (non-hydrogen) atoms. The predicted molar refractivity (Wildman–Crippen MR) is 134 cm³/mol. The van der Waals surface area contributed by atoms with Crippen LogP contribution in [0.3, 0.4) is 0 Å². The second kappa shape index (κ2) is 8.76. The van der Waals surface area contributed by atoms with E-state index in [1.165, 1.54) is 37.5 Å². The number of nitrogens with zero attached hydrogens (tertiary/aromatic N) is 2. The molecule has 1 aliphatic heterocycles. The SMILES string of the molecule is COc1cc(/C(O)=C2\C(=O)C(=O)N(c3nc4cc(C)c(C)cc4[nH]3)C2c2ccco2)c(OC)cc1Cl. The highest BCUT2D eigenvalue weighted by Gasteiger charge is 2.49. The van der Waals surface area contributed by atoms with E-state index in [9.17, 15) is 14.7 Å². The van der Waals surface area contributed by atoms with Gasteiger partial charge in [0.05, 0.1) is 47.7 Å². The Morgan fingerprint density at radius 2 is 1.83 bits per heavy atom. The topological polar surface area (TPSA) is 118 Å². The van der Waals surface area contributed by atoms with Gasteiger partial charge in [0.1, 0.15) is 29.1 Å². The Bertz CT molecular complexity index is 1510. The third-order valence-corrected chi connectivity index (χ3v) is 6.59. The molecule has 0 bridgehead atoms. The minimum Gasteiger partial charge on any atom is -0.507 e. The van der Waals surface area contributed by atoms with Crippen LogP contribution in [-0.4, -0.2) is 41.0 Å². The number of ether oxygens (including phenoxy) is 2. The number of furan rings is 1. The van der Waals surface area contributed by atoms with Crippen LogP contribution in [0.5, 0.6) is 11.5 Å². The zero-order valence-corrected chi connectivity index (χ0v) is 20.6. The van der Waals surface area contributed by atoms with Crippen LogP contribution in [-0.2, 0) is 9.59 Å². The summed E-state index contributed by atoms with van der Waals surface area (Å²) in [5.41, 5.74) is 3.37. The Hall–Kier alpha value is -4.24. The molecule has 1 atom stereocenters. The normalized spacial score (nSPS) is 17.2. The first-order valence-electron chi connectivity index (χ1n) is 11.0. The summed E-state index contributed by atoms with van der Waals surface area (Å²) in [6.45, 7) is 3.93. The van der Waals surface area contributed by atoms with E-state index in [1.807, 2.05) is 26.0 Å².